The number of rotatable bonds is 8. The third kappa shape index (κ3) is 5.71. The molecule has 0 aliphatic carbocycles. The van der Waals surface area contributed by atoms with Crippen LogP contribution >= 0.6 is 0 Å². The van der Waals surface area contributed by atoms with Crippen molar-refractivity contribution >= 4 is 11.8 Å². The number of amides is 2. The first-order valence-corrected chi connectivity index (χ1v) is 9.00. The first-order valence-electron chi connectivity index (χ1n) is 9.00. The quantitative estimate of drug-likeness (QED) is 0.631. The van der Waals surface area contributed by atoms with Crippen LogP contribution in [0, 0.1) is 0 Å². The number of carbonyl (C=O) groups is 2. The van der Waals surface area contributed by atoms with Crippen molar-refractivity contribution in [1.82, 2.24) is 15.5 Å². The second-order valence-corrected chi connectivity index (χ2v) is 7.15. The van der Waals surface area contributed by atoms with E-state index in [0.717, 1.165) is 11.3 Å². The Labute approximate surface area is 154 Å². The number of ether oxygens (including phenoxy) is 1. The Morgan fingerprint density at radius 1 is 1.38 bits per heavy atom. The largest absolute Gasteiger partial charge is 0.494 e. The van der Waals surface area contributed by atoms with Gasteiger partial charge < -0.3 is 20.5 Å². The standard InChI is InChI=1S/C19H29N3O4/c1-4-26-15-7-5-14(6-8-15)12-22-10-9-20-18(25)16(22)11-17(24)21-19(2,3)13-23/h5-8,16,23H,4,9-13H2,1-3H3,(H,20,25)(H,21,24)/t16-/m0/s1. The van der Waals surface area contributed by atoms with E-state index in [1.54, 1.807) is 13.8 Å². The molecule has 1 aromatic rings. The van der Waals surface area contributed by atoms with Crippen molar-refractivity contribution in [1.29, 1.82) is 0 Å². The third-order valence-electron chi connectivity index (χ3n) is 4.31. The Hall–Kier alpha value is -2.12. The number of benzene rings is 1. The third-order valence-corrected chi connectivity index (χ3v) is 4.31. The van der Waals surface area contributed by atoms with Gasteiger partial charge in [-0.15, -0.1) is 0 Å². The Bertz CT molecular complexity index is 616. The number of aliphatic hydroxyl groups excluding tert-OH is 1. The Balaban J connectivity index is 2.02. The van der Waals surface area contributed by atoms with Crippen LogP contribution in [0.25, 0.3) is 0 Å². The van der Waals surface area contributed by atoms with E-state index >= 15 is 0 Å². The summed E-state index contributed by atoms with van der Waals surface area (Å²) in [5.41, 5.74) is 0.353. The number of aliphatic hydroxyl groups is 1. The fourth-order valence-corrected chi connectivity index (χ4v) is 2.91. The number of piperazine rings is 1. The summed E-state index contributed by atoms with van der Waals surface area (Å²) >= 11 is 0. The minimum Gasteiger partial charge on any atom is -0.494 e. The van der Waals surface area contributed by atoms with Crippen molar-refractivity contribution < 1.29 is 19.4 Å². The molecule has 1 saturated heterocycles. The van der Waals surface area contributed by atoms with Crippen molar-refractivity contribution in [2.45, 2.75) is 45.3 Å². The van der Waals surface area contributed by atoms with Crippen molar-refractivity contribution in [3.63, 3.8) is 0 Å². The molecule has 0 bridgehead atoms. The second kappa shape index (κ2) is 9.00. The molecule has 7 heteroatoms. The molecule has 0 saturated carbocycles. The van der Waals surface area contributed by atoms with E-state index in [4.69, 9.17) is 4.74 Å². The molecule has 144 valence electrons. The van der Waals surface area contributed by atoms with Gasteiger partial charge in [-0.25, -0.2) is 0 Å². The van der Waals surface area contributed by atoms with E-state index in [0.29, 0.717) is 26.2 Å². The molecule has 0 spiro atoms. The lowest BCUT2D eigenvalue weighted by Gasteiger charge is -2.35. The van der Waals surface area contributed by atoms with Crippen LogP contribution in [-0.2, 0) is 16.1 Å². The van der Waals surface area contributed by atoms with Gasteiger partial charge in [0, 0.05) is 19.6 Å². The molecule has 1 fully saturated rings. The summed E-state index contributed by atoms with van der Waals surface area (Å²) in [7, 11) is 0. The highest BCUT2D eigenvalue weighted by Gasteiger charge is 2.32. The van der Waals surface area contributed by atoms with Crippen LogP contribution in [0.1, 0.15) is 32.8 Å². The molecule has 2 rings (SSSR count). The van der Waals surface area contributed by atoms with Crippen molar-refractivity contribution in [3.05, 3.63) is 29.8 Å². The normalized spacial score (nSPS) is 18.3. The van der Waals surface area contributed by atoms with Gasteiger partial charge in [-0.2, -0.15) is 0 Å². The van der Waals surface area contributed by atoms with Crippen LogP contribution in [0.15, 0.2) is 24.3 Å². The summed E-state index contributed by atoms with van der Waals surface area (Å²) in [6, 6.07) is 7.25. The Morgan fingerprint density at radius 2 is 2.08 bits per heavy atom. The smallest absolute Gasteiger partial charge is 0.237 e. The molecule has 0 unspecified atom stereocenters. The molecule has 1 aliphatic rings. The maximum atomic E-state index is 12.3. The molecule has 0 radical (unpaired) electrons. The molecule has 1 aliphatic heterocycles. The first-order chi connectivity index (χ1) is 12.3. The van der Waals surface area contributed by atoms with Crippen molar-refractivity contribution in [2.24, 2.45) is 0 Å². The van der Waals surface area contributed by atoms with E-state index in [1.807, 2.05) is 36.1 Å². The first kappa shape index (κ1) is 20.2. The topological polar surface area (TPSA) is 90.9 Å². The maximum absolute atomic E-state index is 12.3. The maximum Gasteiger partial charge on any atom is 0.237 e. The summed E-state index contributed by atoms with van der Waals surface area (Å²) in [4.78, 5) is 26.6. The molecular formula is C19H29N3O4. The van der Waals surface area contributed by atoms with E-state index in [2.05, 4.69) is 10.6 Å². The Kier molecular flexibility index (Phi) is 6.99. The molecule has 1 aromatic carbocycles. The molecule has 2 amide bonds. The predicted octanol–water partition coefficient (Wildman–Crippen LogP) is 0.663. The van der Waals surface area contributed by atoms with Gasteiger partial charge in [-0.05, 0) is 38.5 Å². The SMILES string of the molecule is CCOc1ccc(CN2CCNC(=O)[C@@H]2CC(=O)NC(C)(C)CO)cc1. The molecule has 3 N–H and O–H groups in total. The van der Waals surface area contributed by atoms with Gasteiger partial charge in [0.05, 0.1) is 31.2 Å². The zero-order chi connectivity index (χ0) is 19.2. The van der Waals surface area contributed by atoms with Crippen LogP contribution in [-0.4, -0.2) is 59.7 Å². The van der Waals surface area contributed by atoms with E-state index < -0.39 is 11.6 Å². The van der Waals surface area contributed by atoms with Crippen molar-refractivity contribution in [2.75, 3.05) is 26.3 Å². The monoisotopic (exact) mass is 363 g/mol. The molecule has 1 heterocycles. The predicted molar refractivity (Wildman–Crippen MR) is 98.7 cm³/mol. The minimum absolute atomic E-state index is 0.0618. The van der Waals surface area contributed by atoms with Gasteiger partial charge in [0.15, 0.2) is 0 Å². The highest BCUT2D eigenvalue weighted by molar-refractivity contribution is 5.89. The van der Waals surface area contributed by atoms with E-state index in [9.17, 15) is 14.7 Å². The number of carbonyl (C=O) groups excluding carboxylic acids is 2. The second-order valence-electron chi connectivity index (χ2n) is 7.15. The van der Waals surface area contributed by atoms with Gasteiger partial charge in [-0.3, -0.25) is 14.5 Å². The highest BCUT2D eigenvalue weighted by atomic mass is 16.5. The summed E-state index contributed by atoms with van der Waals surface area (Å²) in [5.74, 6) is 0.428. The van der Waals surface area contributed by atoms with Gasteiger partial charge >= 0.3 is 0 Å². The van der Waals surface area contributed by atoms with E-state index in [1.165, 1.54) is 0 Å². The van der Waals surface area contributed by atoms with Gasteiger partial charge in [-0.1, -0.05) is 12.1 Å². The summed E-state index contributed by atoms with van der Waals surface area (Å²) in [5, 5.41) is 14.9. The fourth-order valence-electron chi connectivity index (χ4n) is 2.91. The van der Waals surface area contributed by atoms with Gasteiger partial charge in [0.2, 0.25) is 11.8 Å². The lowest BCUT2D eigenvalue weighted by Crippen LogP contribution is -2.57. The van der Waals surface area contributed by atoms with Gasteiger partial charge in [0.25, 0.3) is 0 Å². The number of hydrogen-bond acceptors (Lipinski definition) is 5. The average Bonchev–Trinajstić information content (AvgIpc) is 2.59. The van der Waals surface area contributed by atoms with Crippen molar-refractivity contribution in [3.8, 4) is 5.75 Å². The summed E-state index contributed by atoms with van der Waals surface area (Å²) in [6.45, 7) is 7.71. The molecule has 1 atom stereocenters. The van der Waals surface area contributed by atoms with Crippen LogP contribution in [0.3, 0.4) is 0 Å². The van der Waals surface area contributed by atoms with Crippen LogP contribution in [0.5, 0.6) is 5.75 Å². The van der Waals surface area contributed by atoms with Crippen LogP contribution in [0.4, 0.5) is 0 Å². The summed E-state index contributed by atoms with van der Waals surface area (Å²) < 4.78 is 5.45. The lowest BCUT2D eigenvalue weighted by molar-refractivity contribution is -0.135. The number of nitrogens with one attached hydrogen (secondary N) is 2. The fraction of sp³-hybridized carbons (Fsp3) is 0.579. The number of nitrogens with zero attached hydrogens (tertiary/aromatic N) is 1. The zero-order valence-electron chi connectivity index (χ0n) is 15.7. The molecule has 0 aromatic heterocycles. The summed E-state index contributed by atoms with van der Waals surface area (Å²) in [6.07, 6.45) is 0.0618. The zero-order valence-corrected chi connectivity index (χ0v) is 15.7. The van der Waals surface area contributed by atoms with Gasteiger partial charge in [0.1, 0.15) is 5.75 Å². The molecule has 7 nitrogen and oxygen atoms in total. The van der Waals surface area contributed by atoms with E-state index in [-0.39, 0.29) is 24.8 Å². The average molecular weight is 363 g/mol. The minimum atomic E-state index is -0.706. The Morgan fingerprint density at radius 3 is 2.69 bits per heavy atom. The number of hydrogen-bond donors (Lipinski definition) is 3. The highest BCUT2D eigenvalue weighted by Crippen LogP contribution is 2.17. The lowest BCUT2D eigenvalue weighted by atomic mass is 10.0. The van der Waals surface area contributed by atoms with Crippen LogP contribution in [0.2, 0.25) is 0 Å². The van der Waals surface area contributed by atoms with Crippen LogP contribution < -0.4 is 15.4 Å². The molecular weight excluding hydrogens is 334 g/mol. The molecule has 26 heavy (non-hydrogen) atoms.